The van der Waals surface area contributed by atoms with Crippen LogP contribution in [0.4, 0.5) is 5.82 Å². The molecular formula is C22H25N5O. The van der Waals surface area contributed by atoms with Crippen LogP contribution >= 0.6 is 0 Å². The van der Waals surface area contributed by atoms with Crippen LogP contribution in [0.25, 0.3) is 11.5 Å². The first kappa shape index (κ1) is 17.4. The number of likely N-dealkylation sites (tertiary alicyclic amines) is 1. The summed E-state index contributed by atoms with van der Waals surface area (Å²) in [5.74, 6) is 3.47. The molecule has 28 heavy (non-hydrogen) atoms. The minimum Gasteiger partial charge on any atom is -0.356 e. The maximum Gasteiger partial charge on any atom is 0.258 e. The minimum atomic E-state index is 0.470. The first-order chi connectivity index (χ1) is 13.6. The first-order valence-electron chi connectivity index (χ1n) is 9.87. The molecule has 0 amide bonds. The van der Waals surface area contributed by atoms with Gasteiger partial charge in [0.05, 0.1) is 0 Å². The summed E-state index contributed by atoms with van der Waals surface area (Å²) in [7, 11) is 2.26. The lowest BCUT2D eigenvalue weighted by Gasteiger charge is -2.28. The summed E-state index contributed by atoms with van der Waals surface area (Å²) in [6.07, 6.45) is 1.84. The van der Waals surface area contributed by atoms with E-state index in [4.69, 9.17) is 4.52 Å². The number of hydrogen-bond acceptors (Lipinski definition) is 6. The highest BCUT2D eigenvalue weighted by Crippen LogP contribution is 2.45. The zero-order valence-corrected chi connectivity index (χ0v) is 16.5. The summed E-state index contributed by atoms with van der Waals surface area (Å²) >= 11 is 0. The molecule has 3 aromatic rings. The molecule has 2 fully saturated rings. The highest BCUT2D eigenvalue weighted by atomic mass is 16.5. The topological polar surface area (TPSA) is 58.3 Å². The summed E-state index contributed by atoms with van der Waals surface area (Å²) in [4.78, 5) is 13.9. The second kappa shape index (κ2) is 6.71. The highest BCUT2D eigenvalue weighted by Gasteiger charge is 2.46. The van der Waals surface area contributed by atoms with E-state index in [2.05, 4.69) is 69.2 Å². The van der Waals surface area contributed by atoms with E-state index in [1.807, 2.05) is 19.2 Å². The monoisotopic (exact) mass is 375 g/mol. The van der Waals surface area contributed by atoms with Crippen molar-refractivity contribution in [2.45, 2.75) is 19.9 Å². The fourth-order valence-corrected chi connectivity index (χ4v) is 4.97. The molecule has 144 valence electrons. The highest BCUT2D eigenvalue weighted by molar-refractivity contribution is 5.59. The van der Waals surface area contributed by atoms with Gasteiger partial charge in [-0.05, 0) is 50.1 Å². The minimum absolute atomic E-state index is 0.470. The Balaban J connectivity index is 1.41. The summed E-state index contributed by atoms with van der Waals surface area (Å²) in [6.45, 7) is 7.24. The maximum absolute atomic E-state index is 5.33. The van der Waals surface area contributed by atoms with Crippen LogP contribution in [0.3, 0.4) is 0 Å². The molecule has 0 spiro atoms. The molecule has 6 heteroatoms. The number of aromatic nitrogens is 3. The van der Waals surface area contributed by atoms with Gasteiger partial charge < -0.3 is 9.42 Å². The van der Waals surface area contributed by atoms with Crippen LogP contribution in [0.5, 0.6) is 0 Å². The van der Waals surface area contributed by atoms with Crippen molar-refractivity contribution in [1.29, 1.82) is 0 Å². The summed E-state index contributed by atoms with van der Waals surface area (Å²) < 4.78 is 5.33. The second-order valence-electron chi connectivity index (χ2n) is 8.12. The van der Waals surface area contributed by atoms with Crippen molar-refractivity contribution in [3.05, 3.63) is 59.5 Å². The third-order valence-electron chi connectivity index (χ3n) is 6.25. The van der Waals surface area contributed by atoms with Crippen molar-refractivity contribution >= 4 is 5.82 Å². The first-order valence-corrected chi connectivity index (χ1v) is 9.87. The molecule has 5 rings (SSSR count). The maximum atomic E-state index is 5.33. The van der Waals surface area contributed by atoms with Gasteiger partial charge >= 0.3 is 0 Å². The molecule has 0 unspecified atom stereocenters. The molecule has 0 aliphatic carbocycles. The Morgan fingerprint density at radius 3 is 2.71 bits per heavy atom. The van der Waals surface area contributed by atoms with Gasteiger partial charge in [-0.3, -0.25) is 4.90 Å². The quantitative estimate of drug-likeness (QED) is 0.698. The standard InChI is InChI=1S/C22H25N5O/c1-14-6-4-5-7-18(14)21-19-13-27(12-17(19)11-26(21)3)20-10-16(8-9-23-20)22-24-15(2)25-28-22/h4-10,17,19,21H,11-13H2,1-3H3/t17-,19+,21+/m0/s1. The number of fused-ring (bicyclic) bond motifs is 1. The SMILES string of the molecule is Cc1noc(-c2ccnc(N3C[C@@H]4CN(C)[C@H](c5ccccc5C)[C@@H]4C3)c2)n1. The molecule has 3 atom stereocenters. The fraction of sp³-hybridized carbons (Fsp3) is 0.409. The van der Waals surface area contributed by atoms with Gasteiger partial charge in [0.25, 0.3) is 5.89 Å². The zero-order chi connectivity index (χ0) is 19.3. The van der Waals surface area contributed by atoms with Crippen LogP contribution in [-0.2, 0) is 0 Å². The van der Waals surface area contributed by atoms with E-state index < -0.39 is 0 Å². The molecule has 1 aromatic carbocycles. The Morgan fingerprint density at radius 1 is 1.07 bits per heavy atom. The molecule has 2 aliphatic heterocycles. The Morgan fingerprint density at radius 2 is 1.93 bits per heavy atom. The molecule has 0 N–H and O–H groups in total. The van der Waals surface area contributed by atoms with Crippen LogP contribution < -0.4 is 4.90 Å². The van der Waals surface area contributed by atoms with E-state index in [1.165, 1.54) is 11.1 Å². The van der Waals surface area contributed by atoms with E-state index in [0.717, 1.165) is 31.0 Å². The third-order valence-corrected chi connectivity index (χ3v) is 6.25. The van der Waals surface area contributed by atoms with Crippen LogP contribution in [0.1, 0.15) is 23.0 Å². The van der Waals surface area contributed by atoms with E-state index in [0.29, 0.717) is 29.6 Å². The predicted molar refractivity (Wildman–Crippen MR) is 108 cm³/mol. The number of anilines is 1. The Labute approximate surface area is 165 Å². The van der Waals surface area contributed by atoms with Crippen LogP contribution in [-0.4, -0.2) is 46.7 Å². The van der Waals surface area contributed by atoms with Gasteiger partial charge in [0.1, 0.15) is 5.82 Å². The average molecular weight is 375 g/mol. The molecule has 0 radical (unpaired) electrons. The van der Waals surface area contributed by atoms with E-state index in [1.54, 1.807) is 0 Å². The van der Waals surface area contributed by atoms with Gasteiger partial charge in [-0.1, -0.05) is 29.4 Å². The Hall–Kier alpha value is -2.73. The number of pyridine rings is 1. The lowest BCUT2D eigenvalue weighted by Crippen LogP contribution is -2.29. The van der Waals surface area contributed by atoms with Crippen molar-refractivity contribution in [1.82, 2.24) is 20.0 Å². The fourth-order valence-electron chi connectivity index (χ4n) is 4.97. The molecular weight excluding hydrogens is 350 g/mol. The van der Waals surface area contributed by atoms with Crippen molar-refractivity contribution in [2.75, 3.05) is 31.6 Å². The van der Waals surface area contributed by atoms with E-state index >= 15 is 0 Å². The van der Waals surface area contributed by atoms with Crippen molar-refractivity contribution in [3.63, 3.8) is 0 Å². The Kier molecular flexibility index (Phi) is 4.16. The van der Waals surface area contributed by atoms with E-state index in [9.17, 15) is 0 Å². The lowest BCUT2D eigenvalue weighted by molar-refractivity contribution is 0.279. The summed E-state index contributed by atoms with van der Waals surface area (Å²) in [5, 5.41) is 3.90. The summed E-state index contributed by atoms with van der Waals surface area (Å²) in [5.41, 5.74) is 3.77. The van der Waals surface area contributed by atoms with Crippen molar-refractivity contribution in [3.8, 4) is 11.5 Å². The van der Waals surface area contributed by atoms with Gasteiger partial charge in [-0.25, -0.2) is 4.98 Å². The molecule has 0 bridgehead atoms. The van der Waals surface area contributed by atoms with Crippen molar-refractivity contribution < 1.29 is 4.52 Å². The zero-order valence-electron chi connectivity index (χ0n) is 16.5. The number of rotatable bonds is 3. The molecule has 6 nitrogen and oxygen atoms in total. The largest absolute Gasteiger partial charge is 0.356 e. The summed E-state index contributed by atoms with van der Waals surface area (Å²) in [6, 6.07) is 13.3. The molecule has 2 aromatic heterocycles. The molecule has 2 saturated heterocycles. The van der Waals surface area contributed by atoms with Crippen LogP contribution in [0.15, 0.2) is 47.1 Å². The lowest BCUT2D eigenvalue weighted by atomic mass is 9.88. The van der Waals surface area contributed by atoms with Crippen molar-refractivity contribution in [2.24, 2.45) is 11.8 Å². The van der Waals surface area contributed by atoms with Gasteiger partial charge in [0.2, 0.25) is 0 Å². The number of hydrogen-bond donors (Lipinski definition) is 0. The number of aryl methyl sites for hydroxylation is 2. The third kappa shape index (κ3) is 2.88. The number of nitrogens with zero attached hydrogens (tertiary/aromatic N) is 5. The Bertz CT molecular complexity index is 1000. The molecule has 0 saturated carbocycles. The smallest absolute Gasteiger partial charge is 0.258 e. The average Bonchev–Trinajstić information content (AvgIpc) is 3.37. The van der Waals surface area contributed by atoms with Crippen LogP contribution in [0.2, 0.25) is 0 Å². The molecule has 2 aliphatic rings. The van der Waals surface area contributed by atoms with Gasteiger partial charge in [-0.2, -0.15) is 4.98 Å². The van der Waals surface area contributed by atoms with Crippen LogP contribution in [0, 0.1) is 25.7 Å². The van der Waals surface area contributed by atoms with Gasteiger partial charge in [0, 0.05) is 43.4 Å². The number of benzene rings is 1. The predicted octanol–water partition coefficient (Wildman–Crippen LogP) is 3.49. The second-order valence-corrected chi connectivity index (χ2v) is 8.12. The molecule has 4 heterocycles. The van der Waals surface area contributed by atoms with Gasteiger partial charge in [0.15, 0.2) is 5.82 Å². The van der Waals surface area contributed by atoms with Gasteiger partial charge in [-0.15, -0.1) is 0 Å². The normalized spacial score (nSPS) is 24.7. The van der Waals surface area contributed by atoms with E-state index in [-0.39, 0.29) is 0 Å².